The van der Waals surface area contributed by atoms with Gasteiger partial charge in [0, 0.05) is 87.5 Å². The third kappa shape index (κ3) is 24.0. The van der Waals surface area contributed by atoms with E-state index in [9.17, 15) is 4.79 Å². The van der Waals surface area contributed by atoms with Crippen LogP contribution in [0.25, 0.3) is 0 Å². The molecule has 2 radical (unpaired) electrons. The zero-order valence-electron chi connectivity index (χ0n) is 18.4. The van der Waals surface area contributed by atoms with Crippen LogP contribution in [0.4, 0.5) is 0 Å². The van der Waals surface area contributed by atoms with E-state index in [-0.39, 0.29) is 76.4 Å². The molecule has 0 aliphatic rings. The second-order valence-corrected chi connectivity index (χ2v) is 7.78. The standard InChI is InChI=1S/C7H16N2O.C7H17OP.C4H10.2Y/c1-6(2)7(8-3)4-9-5-10;1-6(2,3)7(4,5)8-9;1-3-4-2;;/h5-8H,4H2,1-3H3,(H,9,10);9H2,1-5H3;3-4H2,1-2H3;;. The average molecular weight is 528 g/mol. The summed E-state index contributed by atoms with van der Waals surface area (Å²) in [5.74, 6) is 0.553. The van der Waals surface area contributed by atoms with E-state index >= 15 is 0 Å². The van der Waals surface area contributed by atoms with Crippen LogP contribution in [-0.4, -0.2) is 31.6 Å². The number of likely N-dealkylation sites (N-methyl/N-ethyl adjacent to an activating group) is 1. The van der Waals surface area contributed by atoms with Crippen LogP contribution in [0.15, 0.2) is 0 Å². The van der Waals surface area contributed by atoms with E-state index in [1.165, 1.54) is 12.8 Å². The zero-order chi connectivity index (χ0) is 19.1. The van der Waals surface area contributed by atoms with Gasteiger partial charge in [-0.2, -0.15) is 0 Å². The van der Waals surface area contributed by atoms with Crippen LogP contribution < -0.4 is 10.6 Å². The summed E-state index contributed by atoms with van der Waals surface area (Å²) in [6.07, 6.45) is 3.37. The summed E-state index contributed by atoms with van der Waals surface area (Å²) >= 11 is 0. The number of carbonyl (C=O) groups excluding carboxylic acids is 1. The first-order valence-electron chi connectivity index (χ1n) is 8.67. The first-order valence-corrected chi connectivity index (χ1v) is 9.14. The Balaban J connectivity index is -0.0000000829. The molecule has 1 amide bonds. The summed E-state index contributed by atoms with van der Waals surface area (Å²) in [6, 6.07) is 0.380. The molecule has 4 nitrogen and oxygen atoms in total. The van der Waals surface area contributed by atoms with Gasteiger partial charge in [-0.25, -0.2) is 0 Å². The van der Waals surface area contributed by atoms with Crippen LogP contribution in [0.2, 0.25) is 0 Å². The Bertz CT molecular complexity index is 272. The van der Waals surface area contributed by atoms with Crippen molar-refractivity contribution in [3.63, 3.8) is 0 Å². The van der Waals surface area contributed by atoms with E-state index in [1.54, 1.807) is 0 Å². The predicted molar refractivity (Wildman–Crippen MR) is 107 cm³/mol. The van der Waals surface area contributed by atoms with Crippen LogP contribution in [-0.2, 0) is 74.7 Å². The summed E-state index contributed by atoms with van der Waals surface area (Å²) in [5, 5.41) is 5.75. The Hall–Kier alpha value is 2.03. The molecule has 0 aliphatic carbocycles. The smallest absolute Gasteiger partial charge is 0.207 e. The SMILES string of the molecule is CC(C)(C)C(C)(C)OP.CCCC.CNC(CNC=O)C(C)C.[Y].[Y]. The van der Waals surface area contributed by atoms with E-state index in [2.05, 4.69) is 82.4 Å². The Kier molecular flexibility index (Phi) is 33.7. The maximum absolute atomic E-state index is 9.91. The molecular formula is C18H43N2O2PY2. The largest absolute Gasteiger partial charge is 0.359 e. The first kappa shape index (κ1) is 37.7. The molecule has 7 heteroatoms. The minimum absolute atomic E-state index is 0. The molecule has 0 aromatic heterocycles. The van der Waals surface area contributed by atoms with Crippen molar-refractivity contribution in [2.75, 3.05) is 13.6 Å². The van der Waals surface area contributed by atoms with Gasteiger partial charge < -0.3 is 15.2 Å². The van der Waals surface area contributed by atoms with Gasteiger partial charge in [-0.05, 0) is 32.2 Å². The molecule has 0 saturated heterocycles. The normalized spacial score (nSPS) is 11.5. The van der Waals surface area contributed by atoms with Crippen LogP contribution in [0, 0.1) is 11.3 Å². The molecular weight excluding hydrogens is 485 g/mol. The molecule has 0 aromatic carbocycles. The minimum atomic E-state index is -0.0579. The monoisotopic (exact) mass is 528 g/mol. The maximum atomic E-state index is 9.91. The maximum Gasteiger partial charge on any atom is 0.207 e. The Labute approximate surface area is 211 Å². The zero-order valence-corrected chi connectivity index (χ0v) is 25.2. The quantitative estimate of drug-likeness (QED) is 0.381. The topological polar surface area (TPSA) is 50.4 Å². The molecule has 0 heterocycles. The Morgan fingerprint density at radius 2 is 1.44 bits per heavy atom. The summed E-state index contributed by atoms with van der Waals surface area (Å²) in [4.78, 5) is 9.91. The third-order valence-corrected chi connectivity index (χ3v) is 4.79. The number of amides is 1. The third-order valence-electron chi connectivity index (χ3n) is 4.20. The molecule has 2 atom stereocenters. The fourth-order valence-corrected chi connectivity index (χ4v) is 1.38. The van der Waals surface area contributed by atoms with Gasteiger partial charge >= 0.3 is 0 Å². The second kappa shape index (κ2) is 22.3. The van der Waals surface area contributed by atoms with Crippen LogP contribution in [0.5, 0.6) is 0 Å². The van der Waals surface area contributed by atoms with Gasteiger partial charge in [-0.3, -0.25) is 4.79 Å². The Morgan fingerprint density at radius 3 is 1.56 bits per heavy atom. The van der Waals surface area contributed by atoms with Gasteiger partial charge in [0.2, 0.25) is 6.41 Å². The number of hydrogen-bond acceptors (Lipinski definition) is 3. The van der Waals surface area contributed by atoms with Gasteiger partial charge in [0.25, 0.3) is 0 Å². The molecule has 0 saturated carbocycles. The second-order valence-electron chi connectivity index (χ2n) is 7.54. The van der Waals surface area contributed by atoms with E-state index in [4.69, 9.17) is 4.52 Å². The summed E-state index contributed by atoms with van der Waals surface area (Å²) < 4.78 is 5.22. The van der Waals surface area contributed by atoms with Gasteiger partial charge in [0.1, 0.15) is 0 Å². The molecule has 0 rings (SSSR count). The molecule has 2 unspecified atom stereocenters. The van der Waals surface area contributed by atoms with Crippen LogP contribution >= 0.6 is 9.47 Å². The fourth-order valence-electron chi connectivity index (χ4n) is 1.02. The average Bonchev–Trinajstić information content (AvgIpc) is 2.47. The number of rotatable bonds is 7. The number of nitrogens with one attached hydrogen (secondary N) is 2. The predicted octanol–water partition coefficient (Wildman–Crippen LogP) is 4.40. The summed E-state index contributed by atoms with van der Waals surface area (Å²) in [7, 11) is 4.21. The van der Waals surface area contributed by atoms with Gasteiger partial charge in [-0.1, -0.05) is 61.3 Å². The van der Waals surface area contributed by atoms with Crippen LogP contribution in [0.1, 0.15) is 75.2 Å². The molecule has 148 valence electrons. The molecule has 0 aromatic rings. The summed E-state index contributed by atoms with van der Waals surface area (Å²) in [6.45, 7) is 20.0. The Morgan fingerprint density at radius 1 is 1.04 bits per heavy atom. The van der Waals surface area contributed by atoms with Crippen molar-refractivity contribution < 1.29 is 74.7 Å². The fraction of sp³-hybridized carbons (Fsp3) is 0.944. The van der Waals surface area contributed by atoms with Crippen molar-refractivity contribution in [2.45, 2.75) is 86.8 Å². The van der Waals surface area contributed by atoms with Crippen molar-refractivity contribution >= 4 is 15.9 Å². The van der Waals surface area contributed by atoms with Gasteiger partial charge in [-0.15, -0.1) is 0 Å². The van der Waals surface area contributed by atoms with Crippen molar-refractivity contribution in [1.29, 1.82) is 0 Å². The minimum Gasteiger partial charge on any atom is -0.359 e. The molecule has 0 aliphatic heterocycles. The molecule has 25 heavy (non-hydrogen) atoms. The van der Waals surface area contributed by atoms with E-state index in [1.807, 2.05) is 7.05 Å². The van der Waals surface area contributed by atoms with Crippen molar-refractivity contribution in [2.24, 2.45) is 11.3 Å². The first-order chi connectivity index (χ1) is 10.4. The summed E-state index contributed by atoms with van der Waals surface area (Å²) in [5.41, 5.74) is 0.145. The molecule has 2 N–H and O–H groups in total. The van der Waals surface area contributed by atoms with Gasteiger partial charge in [0.15, 0.2) is 0 Å². The van der Waals surface area contributed by atoms with Crippen molar-refractivity contribution in [1.82, 2.24) is 10.6 Å². The molecule has 0 bridgehead atoms. The number of unbranched alkanes of at least 4 members (excludes halogenated alkanes) is 1. The number of hydrogen-bond donors (Lipinski definition) is 2. The van der Waals surface area contributed by atoms with Crippen molar-refractivity contribution in [3.05, 3.63) is 0 Å². The van der Waals surface area contributed by atoms with Gasteiger partial charge in [0.05, 0.1) is 5.60 Å². The number of carbonyl (C=O) groups is 1. The van der Waals surface area contributed by atoms with E-state index < -0.39 is 0 Å². The van der Waals surface area contributed by atoms with Crippen molar-refractivity contribution in [3.8, 4) is 0 Å². The van der Waals surface area contributed by atoms with E-state index in [0.717, 1.165) is 6.41 Å². The van der Waals surface area contributed by atoms with E-state index in [0.29, 0.717) is 18.5 Å². The molecule has 0 spiro atoms. The molecule has 0 fully saturated rings. The van der Waals surface area contributed by atoms with Crippen LogP contribution in [0.3, 0.4) is 0 Å².